The van der Waals surface area contributed by atoms with Crippen molar-refractivity contribution in [3.63, 3.8) is 0 Å². The van der Waals surface area contributed by atoms with Crippen LogP contribution in [0.3, 0.4) is 0 Å². The number of likely N-dealkylation sites (tertiary alicyclic amines) is 1. The van der Waals surface area contributed by atoms with Crippen molar-refractivity contribution in [2.45, 2.75) is 31.2 Å². The molecule has 0 bridgehead atoms. The van der Waals surface area contributed by atoms with Crippen molar-refractivity contribution in [3.8, 4) is 0 Å². The SMILES string of the molecule is N/C(=N/O)C1CCCN1C(=O)C1CC1c1ccccc1. The summed E-state index contributed by atoms with van der Waals surface area (Å²) in [6, 6.07) is 9.91. The molecule has 0 spiro atoms. The van der Waals surface area contributed by atoms with Gasteiger partial charge in [-0.2, -0.15) is 0 Å². The summed E-state index contributed by atoms with van der Waals surface area (Å²) in [6.45, 7) is 0.706. The van der Waals surface area contributed by atoms with E-state index in [9.17, 15) is 4.79 Å². The summed E-state index contributed by atoms with van der Waals surface area (Å²) in [5.41, 5.74) is 6.91. The Morgan fingerprint density at radius 3 is 2.80 bits per heavy atom. The Labute approximate surface area is 118 Å². The molecule has 106 valence electrons. The lowest BCUT2D eigenvalue weighted by Gasteiger charge is -2.23. The number of carbonyl (C=O) groups excluding carboxylic acids is 1. The second-order valence-electron chi connectivity index (χ2n) is 5.57. The smallest absolute Gasteiger partial charge is 0.226 e. The van der Waals surface area contributed by atoms with Crippen molar-refractivity contribution in [2.24, 2.45) is 16.8 Å². The van der Waals surface area contributed by atoms with Gasteiger partial charge in [0.25, 0.3) is 0 Å². The van der Waals surface area contributed by atoms with Crippen LogP contribution in [-0.2, 0) is 4.79 Å². The second kappa shape index (κ2) is 5.15. The van der Waals surface area contributed by atoms with Gasteiger partial charge in [-0.3, -0.25) is 4.79 Å². The predicted octanol–water partition coefficient (Wildman–Crippen LogP) is 1.53. The zero-order chi connectivity index (χ0) is 14.1. The molecule has 1 aliphatic heterocycles. The fraction of sp³-hybridized carbons (Fsp3) is 0.467. The number of rotatable bonds is 3. The van der Waals surface area contributed by atoms with Gasteiger partial charge in [0, 0.05) is 12.5 Å². The van der Waals surface area contributed by atoms with Gasteiger partial charge >= 0.3 is 0 Å². The summed E-state index contributed by atoms with van der Waals surface area (Å²) >= 11 is 0. The Morgan fingerprint density at radius 1 is 1.35 bits per heavy atom. The molecule has 1 heterocycles. The average Bonchev–Trinajstić information content (AvgIpc) is 3.15. The molecule has 3 N–H and O–H groups in total. The van der Waals surface area contributed by atoms with Crippen LogP contribution in [0.2, 0.25) is 0 Å². The highest BCUT2D eigenvalue weighted by Gasteiger charge is 2.48. The third-order valence-electron chi connectivity index (χ3n) is 4.33. The Bertz CT molecular complexity index is 529. The van der Waals surface area contributed by atoms with Gasteiger partial charge in [0.15, 0.2) is 5.84 Å². The molecule has 20 heavy (non-hydrogen) atoms. The topological polar surface area (TPSA) is 78.9 Å². The standard InChI is InChI=1S/C15H19N3O2/c16-14(17-20)13-7-4-8-18(13)15(19)12-9-11(12)10-5-2-1-3-6-10/h1-3,5-6,11-13,20H,4,7-9H2,(H2,16,17). The van der Waals surface area contributed by atoms with E-state index in [0.29, 0.717) is 12.5 Å². The predicted molar refractivity (Wildman–Crippen MR) is 75.4 cm³/mol. The maximum absolute atomic E-state index is 12.6. The van der Waals surface area contributed by atoms with Crippen LogP contribution in [0, 0.1) is 5.92 Å². The zero-order valence-electron chi connectivity index (χ0n) is 11.3. The van der Waals surface area contributed by atoms with Gasteiger partial charge in [0.1, 0.15) is 0 Å². The van der Waals surface area contributed by atoms with E-state index in [2.05, 4.69) is 17.3 Å². The van der Waals surface area contributed by atoms with Gasteiger partial charge in [-0.15, -0.1) is 0 Å². The van der Waals surface area contributed by atoms with Crippen LogP contribution < -0.4 is 5.73 Å². The number of hydrogen-bond acceptors (Lipinski definition) is 3. The molecule has 1 saturated heterocycles. The monoisotopic (exact) mass is 273 g/mol. The molecular formula is C15H19N3O2. The lowest BCUT2D eigenvalue weighted by atomic mass is 10.1. The molecule has 5 heteroatoms. The molecule has 5 nitrogen and oxygen atoms in total. The van der Waals surface area contributed by atoms with Crippen LogP contribution in [0.1, 0.15) is 30.7 Å². The van der Waals surface area contributed by atoms with Gasteiger partial charge in [-0.25, -0.2) is 0 Å². The summed E-state index contributed by atoms with van der Waals surface area (Å²) in [7, 11) is 0. The molecule has 1 aliphatic carbocycles. The molecule has 3 unspecified atom stereocenters. The fourth-order valence-corrected chi connectivity index (χ4v) is 3.15. The van der Waals surface area contributed by atoms with Gasteiger partial charge in [-0.05, 0) is 30.7 Å². The van der Waals surface area contributed by atoms with Crippen LogP contribution in [0.15, 0.2) is 35.5 Å². The first kappa shape index (κ1) is 13.0. The van der Waals surface area contributed by atoms with Gasteiger partial charge in [0.2, 0.25) is 5.91 Å². The molecule has 2 fully saturated rings. The highest BCUT2D eigenvalue weighted by atomic mass is 16.4. The van der Waals surface area contributed by atoms with E-state index in [0.717, 1.165) is 19.3 Å². The highest BCUT2D eigenvalue weighted by Crippen LogP contribution is 2.49. The number of oxime groups is 1. The summed E-state index contributed by atoms with van der Waals surface area (Å²) < 4.78 is 0. The first-order valence-corrected chi connectivity index (χ1v) is 7.05. The van der Waals surface area contributed by atoms with Gasteiger partial charge in [-0.1, -0.05) is 35.5 Å². The Balaban J connectivity index is 1.69. The van der Waals surface area contributed by atoms with Crippen LogP contribution in [0.4, 0.5) is 0 Å². The number of hydrogen-bond donors (Lipinski definition) is 2. The van der Waals surface area contributed by atoms with Crippen molar-refractivity contribution in [3.05, 3.63) is 35.9 Å². The van der Waals surface area contributed by atoms with Crippen molar-refractivity contribution in [1.82, 2.24) is 4.90 Å². The summed E-state index contributed by atoms with van der Waals surface area (Å²) in [5.74, 6) is 0.683. The molecule has 1 amide bonds. The molecule has 1 saturated carbocycles. The zero-order valence-corrected chi connectivity index (χ0v) is 11.3. The number of nitrogens with two attached hydrogens (primary N) is 1. The first-order chi connectivity index (χ1) is 9.72. The fourth-order valence-electron chi connectivity index (χ4n) is 3.15. The average molecular weight is 273 g/mol. The molecule has 1 aromatic carbocycles. The molecule has 3 rings (SSSR count). The van der Waals surface area contributed by atoms with E-state index in [-0.39, 0.29) is 23.7 Å². The number of amides is 1. The number of nitrogens with zero attached hydrogens (tertiary/aromatic N) is 2. The number of amidine groups is 1. The number of benzene rings is 1. The summed E-state index contributed by atoms with van der Waals surface area (Å²) in [4.78, 5) is 14.3. The second-order valence-corrected chi connectivity index (χ2v) is 5.57. The molecule has 0 radical (unpaired) electrons. The maximum atomic E-state index is 12.6. The molecule has 0 aromatic heterocycles. The van der Waals surface area contributed by atoms with Crippen molar-refractivity contribution in [1.29, 1.82) is 0 Å². The molecule has 2 aliphatic rings. The lowest BCUT2D eigenvalue weighted by molar-refractivity contribution is -0.132. The van der Waals surface area contributed by atoms with Crippen LogP contribution in [-0.4, -0.2) is 34.4 Å². The third-order valence-corrected chi connectivity index (χ3v) is 4.33. The minimum atomic E-state index is -0.232. The van der Waals surface area contributed by atoms with Crippen molar-refractivity contribution < 1.29 is 10.0 Å². The Morgan fingerprint density at radius 2 is 2.10 bits per heavy atom. The number of carbonyl (C=O) groups is 1. The summed E-state index contributed by atoms with van der Waals surface area (Å²) in [6.07, 6.45) is 2.60. The van der Waals surface area contributed by atoms with Crippen molar-refractivity contribution in [2.75, 3.05) is 6.54 Å². The molecule has 1 aromatic rings. The van der Waals surface area contributed by atoms with E-state index in [1.54, 1.807) is 4.90 Å². The van der Waals surface area contributed by atoms with E-state index < -0.39 is 0 Å². The van der Waals surface area contributed by atoms with Crippen LogP contribution in [0.5, 0.6) is 0 Å². The van der Waals surface area contributed by atoms with Crippen LogP contribution in [0.25, 0.3) is 0 Å². The van der Waals surface area contributed by atoms with E-state index in [1.807, 2.05) is 18.2 Å². The largest absolute Gasteiger partial charge is 0.409 e. The van der Waals surface area contributed by atoms with Gasteiger partial charge in [0.05, 0.1) is 6.04 Å². The first-order valence-electron chi connectivity index (χ1n) is 7.05. The van der Waals surface area contributed by atoms with E-state index >= 15 is 0 Å². The molecule has 3 atom stereocenters. The highest BCUT2D eigenvalue weighted by molar-refractivity contribution is 5.92. The minimum absolute atomic E-state index is 0.0597. The summed E-state index contributed by atoms with van der Waals surface area (Å²) in [5, 5.41) is 11.9. The lowest BCUT2D eigenvalue weighted by Crippen LogP contribution is -2.44. The normalized spacial score (nSPS) is 29.5. The van der Waals surface area contributed by atoms with Crippen molar-refractivity contribution >= 4 is 11.7 Å². The maximum Gasteiger partial charge on any atom is 0.226 e. The van der Waals surface area contributed by atoms with E-state index in [1.165, 1.54) is 5.56 Å². The quantitative estimate of drug-likeness (QED) is 0.379. The third kappa shape index (κ3) is 2.24. The van der Waals surface area contributed by atoms with Gasteiger partial charge < -0.3 is 15.8 Å². The Hall–Kier alpha value is -2.04. The molecular weight excluding hydrogens is 254 g/mol. The van der Waals surface area contributed by atoms with Crippen LogP contribution >= 0.6 is 0 Å². The Kier molecular flexibility index (Phi) is 3.34. The minimum Gasteiger partial charge on any atom is -0.409 e. The van der Waals surface area contributed by atoms with E-state index in [4.69, 9.17) is 10.9 Å².